The summed E-state index contributed by atoms with van der Waals surface area (Å²) < 4.78 is 0. The summed E-state index contributed by atoms with van der Waals surface area (Å²) in [5.41, 5.74) is 2.66. The molecule has 2 N–H and O–H groups in total. The molecule has 1 fully saturated rings. The van der Waals surface area contributed by atoms with Gasteiger partial charge < -0.3 is 15.3 Å². The van der Waals surface area contributed by atoms with E-state index in [1.54, 1.807) is 0 Å². The van der Waals surface area contributed by atoms with E-state index in [2.05, 4.69) is 55.3 Å². The molecule has 3 nitrogen and oxygen atoms in total. The van der Waals surface area contributed by atoms with Crippen molar-refractivity contribution in [2.45, 2.75) is 45.9 Å². The maximum atomic E-state index is 9.85. The molecule has 0 aromatic heterocycles. The zero-order valence-corrected chi connectivity index (χ0v) is 12.3. The molecule has 0 saturated carbocycles. The van der Waals surface area contributed by atoms with Gasteiger partial charge in [0.1, 0.15) is 0 Å². The number of hydrogen-bond donors (Lipinski definition) is 2. The molecule has 2 rings (SSSR count). The molecule has 1 heterocycles. The maximum Gasteiger partial charge on any atom is 0.0599 e. The van der Waals surface area contributed by atoms with E-state index in [0.29, 0.717) is 12.0 Å². The summed E-state index contributed by atoms with van der Waals surface area (Å²) in [6.07, 6.45) is 0.727. The Kier molecular flexibility index (Phi) is 4.83. The van der Waals surface area contributed by atoms with Crippen LogP contribution < -0.4 is 10.2 Å². The van der Waals surface area contributed by atoms with Crippen molar-refractivity contribution in [1.29, 1.82) is 0 Å². The molecule has 1 saturated heterocycles. The smallest absolute Gasteiger partial charge is 0.0599 e. The van der Waals surface area contributed by atoms with E-state index in [4.69, 9.17) is 0 Å². The molecule has 2 atom stereocenters. The Labute approximate surface area is 116 Å². The number of nitrogens with one attached hydrogen (secondary N) is 1. The lowest BCUT2D eigenvalue weighted by atomic mass is 9.95. The van der Waals surface area contributed by atoms with E-state index in [1.807, 2.05) is 0 Å². The van der Waals surface area contributed by atoms with Crippen molar-refractivity contribution in [3.63, 3.8) is 0 Å². The van der Waals surface area contributed by atoms with Gasteiger partial charge in [-0.2, -0.15) is 0 Å². The molecule has 0 radical (unpaired) electrons. The Bertz CT molecular complexity index is 405. The van der Waals surface area contributed by atoms with Crippen LogP contribution in [0.1, 0.15) is 32.8 Å². The van der Waals surface area contributed by atoms with Gasteiger partial charge in [0.15, 0.2) is 0 Å². The van der Waals surface area contributed by atoms with Crippen LogP contribution in [0.15, 0.2) is 24.3 Å². The highest BCUT2D eigenvalue weighted by Crippen LogP contribution is 2.26. The molecule has 0 aliphatic carbocycles. The average Bonchev–Trinajstić information content (AvgIpc) is 2.40. The van der Waals surface area contributed by atoms with Crippen molar-refractivity contribution in [1.82, 2.24) is 5.32 Å². The number of aliphatic hydroxyl groups excluding tert-OH is 1. The number of piperidine rings is 1. The zero-order chi connectivity index (χ0) is 13.8. The first kappa shape index (κ1) is 14.4. The number of benzene rings is 1. The van der Waals surface area contributed by atoms with Crippen LogP contribution in [0.2, 0.25) is 0 Å². The Morgan fingerprint density at radius 2 is 2.11 bits per heavy atom. The van der Waals surface area contributed by atoms with Gasteiger partial charge in [0.2, 0.25) is 0 Å². The van der Waals surface area contributed by atoms with Crippen LogP contribution in [0.25, 0.3) is 0 Å². The van der Waals surface area contributed by atoms with Gasteiger partial charge in [-0.15, -0.1) is 0 Å². The third kappa shape index (κ3) is 3.71. The minimum Gasteiger partial charge on any atom is -0.393 e. The first-order chi connectivity index (χ1) is 9.08. The molecule has 1 aromatic rings. The van der Waals surface area contributed by atoms with Crippen LogP contribution in [0, 0.1) is 5.92 Å². The average molecular weight is 262 g/mol. The SMILES string of the molecule is CC(C)NCc1ccccc1N1CCC(O)C(C)C1. The molecule has 3 heteroatoms. The summed E-state index contributed by atoms with van der Waals surface area (Å²) in [5.74, 6) is 0.347. The van der Waals surface area contributed by atoms with Gasteiger partial charge in [0.05, 0.1) is 6.10 Å². The summed E-state index contributed by atoms with van der Waals surface area (Å²) in [6, 6.07) is 9.09. The van der Waals surface area contributed by atoms with Gasteiger partial charge in [-0.05, 0) is 24.0 Å². The predicted molar refractivity (Wildman–Crippen MR) is 80.4 cm³/mol. The molecular formula is C16H26N2O. The lowest BCUT2D eigenvalue weighted by molar-refractivity contribution is 0.0970. The number of anilines is 1. The van der Waals surface area contributed by atoms with E-state index >= 15 is 0 Å². The molecular weight excluding hydrogens is 236 g/mol. The van der Waals surface area contributed by atoms with Crippen LogP contribution in [0.4, 0.5) is 5.69 Å². The minimum atomic E-state index is -0.141. The summed E-state index contributed by atoms with van der Waals surface area (Å²) in [5, 5.41) is 13.3. The van der Waals surface area contributed by atoms with E-state index in [0.717, 1.165) is 26.1 Å². The Hall–Kier alpha value is -1.06. The second kappa shape index (κ2) is 6.40. The van der Waals surface area contributed by atoms with E-state index < -0.39 is 0 Å². The Morgan fingerprint density at radius 1 is 1.37 bits per heavy atom. The number of aliphatic hydroxyl groups is 1. The second-order valence-corrected chi connectivity index (χ2v) is 5.94. The number of hydrogen-bond acceptors (Lipinski definition) is 3. The largest absolute Gasteiger partial charge is 0.393 e. The van der Waals surface area contributed by atoms with Crippen molar-refractivity contribution in [2.24, 2.45) is 5.92 Å². The molecule has 1 aliphatic rings. The van der Waals surface area contributed by atoms with Crippen LogP contribution in [0.3, 0.4) is 0 Å². The van der Waals surface area contributed by atoms with Crippen molar-refractivity contribution < 1.29 is 5.11 Å². The van der Waals surface area contributed by atoms with Gasteiger partial charge in [-0.3, -0.25) is 0 Å². The summed E-state index contributed by atoms with van der Waals surface area (Å²) in [6.45, 7) is 9.26. The molecule has 0 spiro atoms. The maximum absolute atomic E-state index is 9.85. The van der Waals surface area contributed by atoms with Crippen molar-refractivity contribution in [3.05, 3.63) is 29.8 Å². The zero-order valence-electron chi connectivity index (χ0n) is 12.3. The van der Waals surface area contributed by atoms with Crippen molar-refractivity contribution in [3.8, 4) is 0 Å². The normalized spacial score (nSPS) is 23.9. The van der Waals surface area contributed by atoms with Crippen LogP contribution in [-0.2, 0) is 6.54 Å². The number of nitrogens with zero attached hydrogens (tertiary/aromatic N) is 1. The van der Waals surface area contributed by atoms with Crippen LogP contribution in [-0.4, -0.2) is 30.3 Å². The Balaban J connectivity index is 2.10. The topological polar surface area (TPSA) is 35.5 Å². The van der Waals surface area contributed by atoms with Gasteiger partial charge in [0.25, 0.3) is 0 Å². The van der Waals surface area contributed by atoms with E-state index in [-0.39, 0.29) is 6.10 Å². The summed E-state index contributed by atoms with van der Waals surface area (Å²) in [4.78, 5) is 2.41. The predicted octanol–water partition coefficient (Wildman–Crippen LogP) is 2.39. The van der Waals surface area contributed by atoms with E-state index in [9.17, 15) is 5.11 Å². The fraction of sp³-hybridized carbons (Fsp3) is 0.625. The summed E-state index contributed by atoms with van der Waals surface area (Å²) in [7, 11) is 0. The Morgan fingerprint density at radius 3 is 2.79 bits per heavy atom. The monoisotopic (exact) mass is 262 g/mol. The molecule has 0 amide bonds. The lowest BCUT2D eigenvalue weighted by Crippen LogP contribution is -2.42. The quantitative estimate of drug-likeness (QED) is 0.874. The number of rotatable bonds is 4. The first-order valence-electron chi connectivity index (χ1n) is 7.32. The van der Waals surface area contributed by atoms with Gasteiger partial charge in [0, 0.05) is 31.4 Å². The second-order valence-electron chi connectivity index (χ2n) is 5.94. The molecule has 1 aliphatic heterocycles. The fourth-order valence-corrected chi connectivity index (χ4v) is 2.63. The van der Waals surface area contributed by atoms with Gasteiger partial charge in [-0.1, -0.05) is 39.0 Å². The van der Waals surface area contributed by atoms with Crippen molar-refractivity contribution >= 4 is 5.69 Å². The third-order valence-electron chi connectivity index (χ3n) is 3.89. The lowest BCUT2D eigenvalue weighted by Gasteiger charge is -2.37. The molecule has 19 heavy (non-hydrogen) atoms. The molecule has 1 aromatic carbocycles. The highest BCUT2D eigenvalue weighted by Gasteiger charge is 2.25. The standard InChI is InChI=1S/C16H26N2O/c1-12(2)17-10-14-6-4-5-7-15(14)18-9-8-16(19)13(3)11-18/h4-7,12-13,16-17,19H,8-11H2,1-3H3. The van der Waals surface area contributed by atoms with Gasteiger partial charge in [-0.25, -0.2) is 0 Å². The highest BCUT2D eigenvalue weighted by molar-refractivity contribution is 5.54. The first-order valence-corrected chi connectivity index (χ1v) is 7.32. The third-order valence-corrected chi connectivity index (χ3v) is 3.89. The van der Waals surface area contributed by atoms with Crippen LogP contribution in [0.5, 0.6) is 0 Å². The van der Waals surface area contributed by atoms with Crippen molar-refractivity contribution in [2.75, 3.05) is 18.0 Å². The number of para-hydroxylation sites is 1. The molecule has 2 unspecified atom stereocenters. The summed E-state index contributed by atoms with van der Waals surface area (Å²) >= 11 is 0. The highest BCUT2D eigenvalue weighted by atomic mass is 16.3. The molecule has 106 valence electrons. The van der Waals surface area contributed by atoms with Crippen LogP contribution >= 0.6 is 0 Å². The minimum absolute atomic E-state index is 0.141. The fourth-order valence-electron chi connectivity index (χ4n) is 2.63. The molecule has 0 bridgehead atoms. The van der Waals surface area contributed by atoms with E-state index in [1.165, 1.54) is 11.3 Å². The van der Waals surface area contributed by atoms with Gasteiger partial charge >= 0.3 is 0 Å².